The van der Waals surface area contributed by atoms with Crippen molar-refractivity contribution in [3.8, 4) is 0 Å². The van der Waals surface area contributed by atoms with Crippen LogP contribution in [-0.4, -0.2) is 20.2 Å². The molecule has 96 valence electrons. The summed E-state index contributed by atoms with van der Waals surface area (Å²) in [5.41, 5.74) is -0.179. The van der Waals surface area contributed by atoms with Crippen LogP contribution in [0.2, 0.25) is 0 Å². The predicted octanol–water partition coefficient (Wildman–Crippen LogP) is 3.09. The van der Waals surface area contributed by atoms with Crippen molar-refractivity contribution in [1.29, 1.82) is 0 Å². The van der Waals surface area contributed by atoms with Crippen LogP contribution in [0.25, 0.3) is 0 Å². The normalized spacial score (nSPS) is 19.8. The molecule has 6 nitrogen and oxygen atoms in total. The van der Waals surface area contributed by atoms with Gasteiger partial charge in [-0.3, -0.25) is 4.79 Å². The third-order valence-corrected chi connectivity index (χ3v) is 3.27. The first-order chi connectivity index (χ1) is 8.37. The molecule has 0 aromatic carbocycles. The van der Waals surface area contributed by atoms with E-state index in [-0.39, 0.29) is 22.7 Å². The molecule has 0 fully saturated rings. The van der Waals surface area contributed by atoms with Gasteiger partial charge in [-0.15, -0.1) is 10.2 Å². The Bertz CT molecular complexity index is 545. The van der Waals surface area contributed by atoms with E-state index in [9.17, 15) is 9.90 Å². The Hall–Kier alpha value is -1.63. The van der Waals surface area contributed by atoms with Crippen molar-refractivity contribution in [1.82, 2.24) is 9.36 Å². The summed E-state index contributed by atoms with van der Waals surface area (Å²) >= 11 is 1.10. The highest BCUT2D eigenvalue weighted by atomic mass is 32.1. The molecule has 0 unspecified atom stereocenters. The minimum atomic E-state index is -0.223. The molecular weight excluding hydrogens is 252 g/mol. The van der Waals surface area contributed by atoms with E-state index in [1.54, 1.807) is 6.92 Å². The van der Waals surface area contributed by atoms with Crippen LogP contribution in [-0.2, 0) is 4.79 Å². The molecule has 0 amide bonds. The average molecular weight is 266 g/mol. The standard InChI is InChI=1S/C11H14N4O2S/c1-6-12-10(18-15-6)14-13-9-7(16)4-11(2,3)5-8(9)17/h16H,4-5H2,1-3H3. The summed E-state index contributed by atoms with van der Waals surface area (Å²) in [4.78, 5) is 15.8. The van der Waals surface area contributed by atoms with Crippen LogP contribution >= 0.6 is 11.5 Å². The fourth-order valence-electron chi connectivity index (χ4n) is 1.81. The molecule has 1 aliphatic carbocycles. The van der Waals surface area contributed by atoms with Crippen LogP contribution in [0.5, 0.6) is 0 Å². The lowest BCUT2D eigenvalue weighted by Crippen LogP contribution is -2.25. The zero-order chi connectivity index (χ0) is 13.3. The summed E-state index contributed by atoms with van der Waals surface area (Å²) in [5.74, 6) is 0.429. The van der Waals surface area contributed by atoms with Crippen LogP contribution in [0.3, 0.4) is 0 Å². The van der Waals surface area contributed by atoms with E-state index in [4.69, 9.17) is 0 Å². The summed E-state index contributed by atoms with van der Waals surface area (Å²) in [5, 5.41) is 17.8. The van der Waals surface area contributed by atoms with Crippen LogP contribution in [0, 0.1) is 12.3 Å². The number of aliphatic hydroxyl groups is 1. The number of aromatic nitrogens is 2. The summed E-state index contributed by atoms with van der Waals surface area (Å²) in [6, 6.07) is 0. The molecule has 0 bridgehead atoms. The monoisotopic (exact) mass is 266 g/mol. The lowest BCUT2D eigenvalue weighted by atomic mass is 9.78. The van der Waals surface area contributed by atoms with E-state index in [1.165, 1.54) is 0 Å². The first-order valence-electron chi connectivity index (χ1n) is 5.55. The van der Waals surface area contributed by atoms with Crippen LogP contribution in [0.4, 0.5) is 5.13 Å². The van der Waals surface area contributed by atoms with Crippen LogP contribution in [0.1, 0.15) is 32.5 Å². The van der Waals surface area contributed by atoms with Gasteiger partial charge in [0, 0.05) is 24.4 Å². The molecule has 7 heteroatoms. The highest BCUT2D eigenvalue weighted by Crippen LogP contribution is 2.36. The Kier molecular flexibility index (Phi) is 3.25. The van der Waals surface area contributed by atoms with E-state index >= 15 is 0 Å². The fraction of sp³-hybridized carbons (Fsp3) is 0.545. The Labute approximate surface area is 109 Å². The molecule has 0 saturated heterocycles. The molecule has 1 N–H and O–H groups in total. The molecule has 0 radical (unpaired) electrons. The minimum Gasteiger partial charge on any atom is -0.510 e. The Morgan fingerprint density at radius 1 is 1.33 bits per heavy atom. The van der Waals surface area contributed by atoms with Gasteiger partial charge in [0.1, 0.15) is 11.6 Å². The van der Waals surface area contributed by atoms with E-state index in [0.29, 0.717) is 23.8 Å². The van der Waals surface area contributed by atoms with Crippen molar-refractivity contribution in [2.75, 3.05) is 0 Å². The summed E-state index contributed by atoms with van der Waals surface area (Å²) in [7, 11) is 0. The predicted molar refractivity (Wildman–Crippen MR) is 66.8 cm³/mol. The quantitative estimate of drug-likeness (QED) is 0.833. The van der Waals surface area contributed by atoms with Crippen LogP contribution in [0.15, 0.2) is 21.7 Å². The summed E-state index contributed by atoms with van der Waals surface area (Å²) < 4.78 is 3.95. The average Bonchev–Trinajstić information content (AvgIpc) is 2.61. The number of Topliss-reactive ketones (excluding diaryl/α,β-unsaturated/α-hetero) is 1. The van der Waals surface area contributed by atoms with Crippen LogP contribution < -0.4 is 0 Å². The number of aliphatic hydroxyl groups excluding tert-OH is 1. The molecule has 0 saturated carbocycles. The summed E-state index contributed by atoms with van der Waals surface area (Å²) in [6.45, 7) is 5.62. The van der Waals surface area contributed by atoms with Gasteiger partial charge in [0.05, 0.1) is 0 Å². The van der Waals surface area contributed by atoms with Crippen molar-refractivity contribution < 1.29 is 9.90 Å². The Morgan fingerprint density at radius 3 is 2.61 bits per heavy atom. The van der Waals surface area contributed by atoms with Crippen molar-refractivity contribution in [3.63, 3.8) is 0 Å². The van der Waals surface area contributed by atoms with Crippen molar-refractivity contribution in [3.05, 3.63) is 17.3 Å². The number of nitrogens with zero attached hydrogens (tertiary/aromatic N) is 4. The topological polar surface area (TPSA) is 87.8 Å². The maximum atomic E-state index is 11.8. The SMILES string of the molecule is Cc1nsc(N=NC2=C(O)CC(C)(C)CC2=O)n1. The smallest absolute Gasteiger partial charge is 0.249 e. The fourth-order valence-corrected chi connectivity index (χ4v) is 2.32. The number of azo groups is 1. The van der Waals surface area contributed by atoms with Gasteiger partial charge >= 0.3 is 0 Å². The molecule has 1 aromatic heterocycles. The third kappa shape index (κ3) is 2.79. The molecular formula is C11H14N4O2S. The van der Waals surface area contributed by atoms with Gasteiger partial charge in [0.15, 0.2) is 11.5 Å². The van der Waals surface area contributed by atoms with Gasteiger partial charge in [-0.1, -0.05) is 13.8 Å². The zero-order valence-corrected chi connectivity index (χ0v) is 11.3. The second-order valence-electron chi connectivity index (χ2n) is 5.06. The second-order valence-corrected chi connectivity index (χ2v) is 5.79. The number of carbonyl (C=O) groups is 1. The minimum absolute atomic E-state index is 0.00115. The zero-order valence-electron chi connectivity index (χ0n) is 10.5. The lowest BCUT2D eigenvalue weighted by Gasteiger charge is -2.27. The molecule has 0 spiro atoms. The van der Waals surface area contributed by atoms with Crippen molar-refractivity contribution in [2.24, 2.45) is 15.6 Å². The lowest BCUT2D eigenvalue weighted by molar-refractivity contribution is -0.118. The number of aryl methyl sites for hydroxylation is 1. The van der Waals surface area contributed by atoms with Gasteiger partial charge in [-0.2, -0.15) is 4.37 Å². The van der Waals surface area contributed by atoms with E-state index in [0.717, 1.165) is 11.5 Å². The van der Waals surface area contributed by atoms with Gasteiger partial charge in [-0.25, -0.2) is 4.98 Å². The largest absolute Gasteiger partial charge is 0.510 e. The second kappa shape index (κ2) is 4.56. The number of rotatable bonds is 2. The molecule has 18 heavy (non-hydrogen) atoms. The maximum Gasteiger partial charge on any atom is 0.249 e. The molecule has 1 aromatic rings. The number of hydrogen-bond acceptors (Lipinski definition) is 7. The number of allylic oxidation sites excluding steroid dienone is 2. The maximum absolute atomic E-state index is 11.8. The highest BCUT2D eigenvalue weighted by molar-refractivity contribution is 7.09. The third-order valence-electron chi connectivity index (χ3n) is 2.57. The number of ketones is 1. The van der Waals surface area contributed by atoms with E-state index in [1.807, 2.05) is 13.8 Å². The molecule has 1 heterocycles. The van der Waals surface area contributed by atoms with Crippen molar-refractivity contribution >= 4 is 22.4 Å². The highest BCUT2D eigenvalue weighted by Gasteiger charge is 2.33. The number of hydrogen-bond donors (Lipinski definition) is 1. The van der Waals surface area contributed by atoms with Gasteiger partial charge < -0.3 is 5.11 Å². The van der Waals surface area contributed by atoms with Gasteiger partial charge in [-0.05, 0) is 12.3 Å². The molecule has 0 atom stereocenters. The van der Waals surface area contributed by atoms with E-state index in [2.05, 4.69) is 19.6 Å². The first-order valence-corrected chi connectivity index (χ1v) is 6.32. The van der Waals surface area contributed by atoms with Gasteiger partial charge in [0.2, 0.25) is 5.13 Å². The Morgan fingerprint density at radius 2 is 2.06 bits per heavy atom. The van der Waals surface area contributed by atoms with Crippen molar-refractivity contribution in [2.45, 2.75) is 33.6 Å². The van der Waals surface area contributed by atoms with Gasteiger partial charge in [0.25, 0.3) is 0 Å². The van der Waals surface area contributed by atoms with E-state index < -0.39 is 0 Å². The Balaban J connectivity index is 2.23. The molecule has 1 aliphatic rings. The molecule has 0 aliphatic heterocycles. The molecule has 2 rings (SSSR count). The summed E-state index contributed by atoms with van der Waals surface area (Å²) in [6.07, 6.45) is 0.794. The number of carbonyl (C=O) groups excluding carboxylic acids is 1. The first kappa shape index (κ1) is 12.8.